The van der Waals surface area contributed by atoms with Gasteiger partial charge in [-0.05, 0) is 44.2 Å². The van der Waals surface area contributed by atoms with E-state index in [1.165, 1.54) is 86.9 Å². The topological polar surface area (TPSA) is 66.9 Å². The summed E-state index contributed by atoms with van der Waals surface area (Å²) in [6.07, 6.45) is 21.7. The Balaban J connectivity index is 1.40. The predicted molar refractivity (Wildman–Crippen MR) is 154 cm³/mol. The number of unbranched alkanes of at least 4 members (excludes halogenated alkanes) is 11. The number of hydrogen-bond donors (Lipinski definition) is 2. The lowest BCUT2D eigenvalue weighted by Gasteiger charge is -2.02. The van der Waals surface area contributed by atoms with Gasteiger partial charge in [0, 0.05) is 23.6 Å². The first-order chi connectivity index (χ1) is 17.3. The maximum absolute atomic E-state index is 12.2. The SMILES string of the molecule is CCCCCCCCC=CCCCCCCCC(=O)Nc1nnc(NCCSc2ccccc2)s1. The molecule has 194 valence electrons. The molecule has 0 aliphatic heterocycles. The van der Waals surface area contributed by atoms with Crippen molar-refractivity contribution in [3.8, 4) is 0 Å². The summed E-state index contributed by atoms with van der Waals surface area (Å²) in [7, 11) is 0. The quantitative estimate of drug-likeness (QED) is 0.0986. The van der Waals surface area contributed by atoms with Crippen LogP contribution >= 0.6 is 23.1 Å². The number of rotatable bonds is 21. The Morgan fingerprint density at radius 2 is 1.49 bits per heavy atom. The van der Waals surface area contributed by atoms with Gasteiger partial charge < -0.3 is 10.6 Å². The van der Waals surface area contributed by atoms with E-state index in [1.807, 2.05) is 18.2 Å². The van der Waals surface area contributed by atoms with E-state index in [9.17, 15) is 4.79 Å². The molecule has 0 aliphatic carbocycles. The lowest BCUT2D eigenvalue weighted by atomic mass is 10.1. The van der Waals surface area contributed by atoms with Crippen molar-refractivity contribution in [2.75, 3.05) is 22.9 Å². The summed E-state index contributed by atoms with van der Waals surface area (Å²) in [5.41, 5.74) is 0. The van der Waals surface area contributed by atoms with Gasteiger partial charge in [-0.3, -0.25) is 4.79 Å². The number of nitrogens with zero attached hydrogens (tertiary/aromatic N) is 2. The summed E-state index contributed by atoms with van der Waals surface area (Å²) < 4.78 is 0. The Morgan fingerprint density at radius 1 is 0.857 bits per heavy atom. The molecule has 0 saturated carbocycles. The molecule has 7 heteroatoms. The molecule has 0 atom stereocenters. The monoisotopic (exact) mass is 516 g/mol. The summed E-state index contributed by atoms with van der Waals surface area (Å²) in [5, 5.41) is 15.7. The van der Waals surface area contributed by atoms with E-state index in [4.69, 9.17) is 0 Å². The fraction of sp³-hybridized carbons (Fsp3) is 0.607. The van der Waals surface area contributed by atoms with E-state index in [1.54, 1.807) is 11.8 Å². The third-order valence-electron chi connectivity index (χ3n) is 5.73. The van der Waals surface area contributed by atoms with Crippen LogP contribution in [-0.2, 0) is 4.79 Å². The van der Waals surface area contributed by atoms with Gasteiger partial charge in [-0.1, -0.05) is 100.0 Å². The molecule has 1 heterocycles. The molecule has 1 aromatic heterocycles. The number of benzene rings is 1. The molecule has 0 aliphatic rings. The minimum atomic E-state index is 0.0324. The van der Waals surface area contributed by atoms with Crippen LogP contribution in [0.5, 0.6) is 0 Å². The van der Waals surface area contributed by atoms with Crippen LogP contribution in [0.4, 0.5) is 10.3 Å². The average Bonchev–Trinajstić information content (AvgIpc) is 3.32. The highest BCUT2D eigenvalue weighted by Crippen LogP contribution is 2.21. The van der Waals surface area contributed by atoms with Gasteiger partial charge in [-0.2, -0.15) is 0 Å². The Bertz CT molecular complexity index is 810. The lowest BCUT2D eigenvalue weighted by Crippen LogP contribution is -2.10. The fourth-order valence-electron chi connectivity index (χ4n) is 3.73. The summed E-state index contributed by atoms with van der Waals surface area (Å²) in [6, 6.07) is 10.3. The number of allylic oxidation sites excluding steroid dienone is 2. The third-order valence-corrected chi connectivity index (χ3v) is 7.54. The number of hydrogen-bond acceptors (Lipinski definition) is 6. The van der Waals surface area contributed by atoms with Crippen LogP contribution < -0.4 is 10.6 Å². The van der Waals surface area contributed by atoms with E-state index in [2.05, 4.69) is 52.0 Å². The van der Waals surface area contributed by atoms with Crippen molar-refractivity contribution in [1.29, 1.82) is 0 Å². The average molecular weight is 517 g/mol. The molecule has 1 aromatic carbocycles. The number of aromatic nitrogens is 2. The summed E-state index contributed by atoms with van der Waals surface area (Å²) in [5.74, 6) is 0.978. The molecular weight excluding hydrogens is 472 g/mol. The number of nitrogens with one attached hydrogen (secondary N) is 2. The summed E-state index contributed by atoms with van der Waals surface area (Å²) >= 11 is 3.19. The normalized spacial score (nSPS) is 11.2. The van der Waals surface area contributed by atoms with Crippen molar-refractivity contribution in [1.82, 2.24) is 10.2 Å². The highest BCUT2D eigenvalue weighted by molar-refractivity contribution is 7.99. The van der Waals surface area contributed by atoms with Gasteiger partial charge in [-0.15, -0.1) is 22.0 Å². The van der Waals surface area contributed by atoms with E-state index in [0.717, 1.165) is 30.3 Å². The highest BCUT2D eigenvalue weighted by Gasteiger charge is 2.08. The van der Waals surface area contributed by atoms with E-state index in [0.29, 0.717) is 11.6 Å². The maximum atomic E-state index is 12.2. The van der Waals surface area contributed by atoms with Gasteiger partial charge in [-0.25, -0.2) is 0 Å². The molecule has 0 saturated heterocycles. The van der Waals surface area contributed by atoms with Crippen LogP contribution in [0.2, 0.25) is 0 Å². The zero-order valence-corrected chi connectivity index (χ0v) is 23.1. The highest BCUT2D eigenvalue weighted by atomic mass is 32.2. The molecule has 5 nitrogen and oxygen atoms in total. The second-order valence-corrected chi connectivity index (χ2v) is 11.0. The first kappa shape index (κ1) is 29.4. The van der Waals surface area contributed by atoms with Crippen molar-refractivity contribution in [3.63, 3.8) is 0 Å². The molecule has 2 aromatic rings. The minimum Gasteiger partial charge on any atom is -0.359 e. The second-order valence-electron chi connectivity index (χ2n) is 8.88. The lowest BCUT2D eigenvalue weighted by molar-refractivity contribution is -0.116. The van der Waals surface area contributed by atoms with Crippen LogP contribution in [0.1, 0.15) is 96.8 Å². The fourth-order valence-corrected chi connectivity index (χ4v) is 5.20. The van der Waals surface area contributed by atoms with Crippen molar-refractivity contribution in [3.05, 3.63) is 42.5 Å². The Kier molecular flexibility index (Phi) is 17.1. The van der Waals surface area contributed by atoms with Crippen molar-refractivity contribution in [2.45, 2.75) is 102 Å². The summed E-state index contributed by atoms with van der Waals surface area (Å²) in [4.78, 5) is 13.4. The molecular formula is C28H44N4OS2. The van der Waals surface area contributed by atoms with Crippen LogP contribution in [0, 0.1) is 0 Å². The molecule has 0 bridgehead atoms. The van der Waals surface area contributed by atoms with Crippen LogP contribution in [-0.4, -0.2) is 28.4 Å². The van der Waals surface area contributed by atoms with E-state index in [-0.39, 0.29) is 5.91 Å². The summed E-state index contributed by atoms with van der Waals surface area (Å²) in [6.45, 7) is 3.07. The maximum Gasteiger partial charge on any atom is 0.226 e. The number of carbonyl (C=O) groups is 1. The van der Waals surface area contributed by atoms with Gasteiger partial charge in [0.2, 0.25) is 16.2 Å². The third kappa shape index (κ3) is 15.7. The molecule has 35 heavy (non-hydrogen) atoms. The molecule has 0 spiro atoms. The zero-order chi connectivity index (χ0) is 24.8. The van der Waals surface area contributed by atoms with Crippen LogP contribution in [0.3, 0.4) is 0 Å². The van der Waals surface area contributed by atoms with Crippen LogP contribution in [0.25, 0.3) is 0 Å². The van der Waals surface area contributed by atoms with Crippen molar-refractivity contribution < 1.29 is 4.79 Å². The minimum absolute atomic E-state index is 0.0324. The van der Waals surface area contributed by atoms with Crippen LogP contribution in [0.15, 0.2) is 47.4 Å². The Labute approximate surface area is 221 Å². The van der Waals surface area contributed by atoms with Gasteiger partial charge in [0.05, 0.1) is 0 Å². The number of thioether (sulfide) groups is 1. The first-order valence-electron chi connectivity index (χ1n) is 13.5. The smallest absolute Gasteiger partial charge is 0.226 e. The molecule has 2 rings (SSSR count). The number of amides is 1. The predicted octanol–water partition coefficient (Wildman–Crippen LogP) is 8.72. The molecule has 0 fully saturated rings. The largest absolute Gasteiger partial charge is 0.359 e. The molecule has 0 radical (unpaired) electrons. The molecule has 2 N–H and O–H groups in total. The van der Waals surface area contributed by atoms with Gasteiger partial charge >= 0.3 is 0 Å². The Hall–Kier alpha value is -1.86. The Morgan fingerprint density at radius 3 is 2.20 bits per heavy atom. The zero-order valence-electron chi connectivity index (χ0n) is 21.5. The number of anilines is 2. The van der Waals surface area contributed by atoms with Gasteiger partial charge in [0.25, 0.3) is 0 Å². The second kappa shape index (κ2) is 20.3. The van der Waals surface area contributed by atoms with Crippen molar-refractivity contribution in [2.24, 2.45) is 0 Å². The molecule has 0 unspecified atom stereocenters. The molecule has 1 amide bonds. The number of carbonyl (C=O) groups excluding carboxylic acids is 1. The van der Waals surface area contributed by atoms with E-state index >= 15 is 0 Å². The van der Waals surface area contributed by atoms with Gasteiger partial charge in [0.15, 0.2) is 0 Å². The van der Waals surface area contributed by atoms with E-state index < -0.39 is 0 Å². The standard InChI is InChI=1S/C28H44N4OS2/c1-2-3-4-5-6-7-8-9-10-11-12-13-14-15-19-22-26(33)30-28-32-31-27(35-28)29-23-24-34-25-20-17-16-18-21-25/h9-10,16-18,20-21H,2-8,11-15,19,22-24H2,1H3,(H,29,31)(H,30,32,33). The van der Waals surface area contributed by atoms with Gasteiger partial charge in [0.1, 0.15) is 0 Å². The van der Waals surface area contributed by atoms with Crippen molar-refractivity contribution >= 4 is 39.3 Å². The first-order valence-corrected chi connectivity index (χ1v) is 15.3.